The number of rotatable bonds is 4. The van der Waals surface area contributed by atoms with E-state index in [0.29, 0.717) is 16.9 Å². The molecule has 11 aromatic carbocycles. The molecule has 0 saturated carbocycles. The van der Waals surface area contributed by atoms with Gasteiger partial charge in [-0.3, -0.25) is 0 Å². The average Bonchev–Trinajstić information content (AvgIpc) is 4.48. The second-order valence-electron chi connectivity index (χ2n) is 23.0. The molecule has 80 heavy (non-hydrogen) atoms. The third kappa shape index (κ3) is 5.49. The van der Waals surface area contributed by atoms with Crippen LogP contribution in [0.3, 0.4) is 0 Å². The van der Waals surface area contributed by atoms with Gasteiger partial charge in [0.15, 0.2) is 0 Å². The number of aromatic nitrogens is 4. The summed E-state index contributed by atoms with van der Waals surface area (Å²) in [6.45, 7) is 19.1. The van der Waals surface area contributed by atoms with Crippen molar-refractivity contribution < 1.29 is 0 Å². The number of benzene rings is 11. The Bertz CT molecular complexity index is 4960. The molecule has 0 radical (unpaired) electrons. The lowest BCUT2D eigenvalue weighted by atomic mass is 9.82. The molecule has 0 amide bonds. The van der Waals surface area contributed by atoms with Crippen LogP contribution in [0.1, 0.15) is 55.5 Å². The molecule has 2 aliphatic carbocycles. The van der Waals surface area contributed by atoms with Gasteiger partial charge in [-0.25, -0.2) is 4.85 Å². The molecule has 0 N–H and O–H groups in total. The minimum absolute atomic E-state index is 0.273. The molecule has 0 bridgehead atoms. The summed E-state index contributed by atoms with van der Waals surface area (Å²) in [6, 6.07) is 81.9. The smallest absolute Gasteiger partial charge is 0.232 e. The van der Waals surface area contributed by atoms with Crippen LogP contribution in [0.5, 0.6) is 0 Å². The van der Waals surface area contributed by atoms with Crippen LogP contribution in [0.4, 0.5) is 5.69 Å². The first-order valence-corrected chi connectivity index (χ1v) is 27.5. The van der Waals surface area contributed by atoms with Gasteiger partial charge < -0.3 is 18.3 Å². The lowest BCUT2D eigenvalue weighted by Gasteiger charge is -2.28. The van der Waals surface area contributed by atoms with Gasteiger partial charge >= 0.3 is 0 Å². The van der Waals surface area contributed by atoms with Gasteiger partial charge in [-0.2, -0.15) is 5.26 Å². The molecule has 0 fully saturated rings. The summed E-state index contributed by atoms with van der Waals surface area (Å²) in [4.78, 5) is 4.73. The highest BCUT2D eigenvalue weighted by Gasteiger charge is 2.40. The molecule has 17 rings (SSSR count). The van der Waals surface area contributed by atoms with Crippen LogP contribution in [-0.2, 0) is 10.8 Å². The zero-order chi connectivity index (χ0) is 53.5. The van der Waals surface area contributed by atoms with Crippen LogP contribution in [-0.4, -0.2) is 18.3 Å². The standard InChI is InChI=1S/C74H48N6/c1-73(2)56-30-14-6-22-43(56)51-38-53-49-28-12-20-36-64(49)79(66(53)40-58(51)73)69-55(42-75)68(76-5)70(80-65-37-21-13-29-50(65)54-39-52-44-23-7-15-31-57(44)74(3,4)59(52)41-67(54)80)72(78-62-34-18-10-26-47(62)48-27-11-19-35-63(48)78)71(69)77-60-32-16-8-24-45(60)46-25-9-17-33-61(46)77/h6-41H,1-4H3. The van der Waals surface area contributed by atoms with E-state index in [0.717, 1.165) is 98.6 Å². The molecule has 4 aromatic heterocycles. The molecule has 15 aromatic rings. The summed E-state index contributed by atoms with van der Waals surface area (Å²) in [5, 5.41) is 21.2. The van der Waals surface area contributed by atoms with E-state index in [-0.39, 0.29) is 16.5 Å². The molecule has 2 aliphatic rings. The molecular formula is C74H48N6. The normalized spacial score (nSPS) is 13.9. The maximum absolute atomic E-state index is 12.6. The molecule has 0 saturated heterocycles. The maximum Gasteiger partial charge on any atom is 0.232 e. The van der Waals surface area contributed by atoms with Gasteiger partial charge in [0.1, 0.15) is 0 Å². The molecule has 0 spiro atoms. The van der Waals surface area contributed by atoms with Gasteiger partial charge in [-0.05, 0) is 105 Å². The van der Waals surface area contributed by atoms with Crippen molar-refractivity contribution in [3.05, 3.63) is 258 Å². The molecule has 0 aliphatic heterocycles. The Balaban J connectivity index is 1.16. The van der Waals surface area contributed by atoms with E-state index in [1.165, 1.54) is 44.5 Å². The molecule has 6 nitrogen and oxygen atoms in total. The predicted octanol–water partition coefficient (Wildman–Crippen LogP) is 19.1. The largest absolute Gasteiger partial charge is 0.317 e. The molecule has 4 heterocycles. The van der Waals surface area contributed by atoms with Crippen LogP contribution in [0.2, 0.25) is 0 Å². The summed E-state index contributed by atoms with van der Waals surface area (Å²) in [5.74, 6) is 0. The minimum atomic E-state index is -0.318. The van der Waals surface area contributed by atoms with E-state index in [9.17, 15) is 11.8 Å². The number of hydrogen-bond acceptors (Lipinski definition) is 1. The highest BCUT2D eigenvalue weighted by Crippen LogP contribution is 2.56. The Kier molecular flexibility index (Phi) is 8.74. The topological polar surface area (TPSA) is 47.9 Å². The molecule has 374 valence electrons. The Morgan fingerprint density at radius 3 is 0.988 bits per heavy atom. The van der Waals surface area contributed by atoms with Crippen molar-refractivity contribution >= 4 is 92.9 Å². The second-order valence-corrected chi connectivity index (χ2v) is 23.0. The Labute approximate surface area is 461 Å². The van der Waals surface area contributed by atoms with Crippen molar-refractivity contribution in [2.75, 3.05) is 0 Å². The lowest BCUT2D eigenvalue weighted by molar-refractivity contribution is 0.661. The average molecular weight is 1020 g/mol. The summed E-state index contributed by atoms with van der Waals surface area (Å²) < 4.78 is 9.51. The van der Waals surface area contributed by atoms with Crippen LogP contribution in [0.15, 0.2) is 218 Å². The lowest BCUT2D eigenvalue weighted by Crippen LogP contribution is -2.16. The monoisotopic (exact) mass is 1020 g/mol. The summed E-state index contributed by atoms with van der Waals surface area (Å²) in [6.07, 6.45) is 0. The molecule has 6 heteroatoms. The molecule has 0 unspecified atom stereocenters. The molecular weight excluding hydrogens is 973 g/mol. The third-order valence-electron chi connectivity index (χ3n) is 18.4. The van der Waals surface area contributed by atoms with Crippen LogP contribution in [0.25, 0.3) is 137 Å². The van der Waals surface area contributed by atoms with Gasteiger partial charge in [0.25, 0.3) is 0 Å². The van der Waals surface area contributed by atoms with E-state index in [2.05, 4.69) is 270 Å². The fourth-order valence-corrected chi connectivity index (χ4v) is 14.9. The first-order valence-electron chi connectivity index (χ1n) is 27.5. The van der Waals surface area contributed by atoms with Gasteiger partial charge in [-0.1, -0.05) is 185 Å². The van der Waals surface area contributed by atoms with Gasteiger partial charge in [0.2, 0.25) is 5.69 Å². The van der Waals surface area contributed by atoms with Crippen LogP contribution in [0, 0.1) is 17.9 Å². The van der Waals surface area contributed by atoms with Gasteiger partial charge in [-0.15, -0.1) is 0 Å². The molecule has 0 atom stereocenters. The SMILES string of the molecule is [C-]#[N+]c1c(C#N)c(-n2c3ccccc3c3cc4c(cc32)C(C)(C)c2ccccc2-4)c(-n2c3ccccc3c3ccccc32)c(-n2c3ccccc3c3ccccc32)c1-n1c2ccccc2c2cc3c(cc21)C(C)(C)c1ccccc1-3. The summed E-state index contributed by atoms with van der Waals surface area (Å²) in [5.41, 5.74) is 20.5. The Hall–Kier alpha value is -10.4. The van der Waals surface area contributed by atoms with E-state index in [1.54, 1.807) is 0 Å². The number of fused-ring (bicyclic) bond motifs is 18. The third-order valence-corrected chi connectivity index (χ3v) is 18.4. The zero-order valence-corrected chi connectivity index (χ0v) is 44.5. The number of para-hydroxylation sites is 6. The number of hydrogen-bond donors (Lipinski definition) is 0. The van der Waals surface area contributed by atoms with Crippen molar-refractivity contribution in [3.63, 3.8) is 0 Å². The van der Waals surface area contributed by atoms with Crippen LogP contribution >= 0.6 is 0 Å². The second kappa shape index (κ2) is 15.6. The highest BCUT2D eigenvalue weighted by molar-refractivity contribution is 6.18. The quantitative estimate of drug-likeness (QED) is 0.162. The number of nitrogens with zero attached hydrogens (tertiary/aromatic N) is 6. The van der Waals surface area contributed by atoms with Gasteiger partial charge in [0.05, 0.1) is 85.1 Å². The minimum Gasteiger partial charge on any atom is -0.317 e. The maximum atomic E-state index is 12.6. The summed E-state index contributed by atoms with van der Waals surface area (Å²) >= 11 is 0. The van der Waals surface area contributed by atoms with Crippen LogP contribution < -0.4 is 0 Å². The van der Waals surface area contributed by atoms with Crippen molar-refractivity contribution in [2.45, 2.75) is 38.5 Å². The fraction of sp³-hybridized carbons (Fsp3) is 0.0811. The van der Waals surface area contributed by atoms with E-state index in [1.807, 2.05) is 0 Å². The van der Waals surface area contributed by atoms with Crippen molar-refractivity contribution in [1.29, 1.82) is 5.26 Å². The zero-order valence-electron chi connectivity index (χ0n) is 44.5. The highest BCUT2D eigenvalue weighted by atomic mass is 15.2. The van der Waals surface area contributed by atoms with Crippen molar-refractivity contribution in [1.82, 2.24) is 18.3 Å². The van der Waals surface area contributed by atoms with Gasteiger partial charge in [0, 0.05) is 53.9 Å². The Morgan fingerprint density at radius 2 is 0.625 bits per heavy atom. The fourth-order valence-electron chi connectivity index (χ4n) is 14.9. The van der Waals surface area contributed by atoms with Crippen molar-refractivity contribution in [2.24, 2.45) is 0 Å². The Morgan fingerprint density at radius 1 is 0.325 bits per heavy atom. The predicted molar refractivity (Wildman–Crippen MR) is 330 cm³/mol. The van der Waals surface area contributed by atoms with Crippen molar-refractivity contribution in [3.8, 4) is 51.1 Å². The first-order chi connectivity index (χ1) is 39.2. The summed E-state index contributed by atoms with van der Waals surface area (Å²) in [7, 11) is 0. The van der Waals surface area contributed by atoms with E-state index in [4.69, 9.17) is 4.85 Å². The van der Waals surface area contributed by atoms with E-state index >= 15 is 0 Å². The van der Waals surface area contributed by atoms with E-state index < -0.39 is 0 Å². The number of nitriles is 1. The first kappa shape index (κ1) is 44.7.